The first-order chi connectivity index (χ1) is 10.2. The molecule has 110 valence electrons. The monoisotopic (exact) mass is 303 g/mol. The van der Waals surface area contributed by atoms with Crippen LogP contribution in [-0.4, -0.2) is 18.9 Å². The van der Waals surface area contributed by atoms with E-state index in [2.05, 4.69) is 0 Å². The molecule has 0 aliphatic heterocycles. The Bertz CT molecular complexity index is 628. The standard InChI is InChI=1S/C17H18ClNO2/c1-13-6-5-8-15(10-13)19(17(20)11-18)12-14-7-3-4-9-16(14)21-2/h3-10H,11-12H2,1-2H3. The van der Waals surface area contributed by atoms with Crippen molar-refractivity contribution in [2.24, 2.45) is 0 Å². The van der Waals surface area contributed by atoms with Crippen molar-refractivity contribution in [3.63, 3.8) is 0 Å². The van der Waals surface area contributed by atoms with E-state index >= 15 is 0 Å². The van der Waals surface area contributed by atoms with E-state index in [1.54, 1.807) is 12.0 Å². The van der Waals surface area contributed by atoms with Gasteiger partial charge in [0, 0.05) is 11.3 Å². The molecule has 0 radical (unpaired) electrons. The van der Waals surface area contributed by atoms with Gasteiger partial charge in [0.2, 0.25) is 5.91 Å². The number of rotatable bonds is 5. The molecule has 0 fully saturated rings. The van der Waals surface area contributed by atoms with Crippen molar-refractivity contribution in [3.05, 3.63) is 59.7 Å². The van der Waals surface area contributed by atoms with Gasteiger partial charge >= 0.3 is 0 Å². The molecule has 0 heterocycles. The first kappa shape index (κ1) is 15.4. The topological polar surface area (TPSA) is 29.5 Å². The van der Waals surface area contributed by atoms with Gasteiger partial charge in [0.05, 0.1) is 13.7 Å². The third-order valence-electron chi connectivity index (χ3n) is 3.25. The number of amides is 1. The Morgan fingerprint density at radius 2 is 1.95 bits per heavy atom. The molecule has 2 aromatic carbocycles. The van der Waals surface area contributed by atoms with Crippen molar-refractivity contribution in [1.82, 2.24) is 0 Å². The Labute approximate surface area is 130 Å². The summed E-state index contributed by atoms with van der Waals surface area (Å²) in [5.41, 5.74) is 2.88. The van der Waals surface area contributed by atoms with Crippen LogP contribution in [0.1, 0.15) is 11.1 Å². The molecule has 0 atom stereocenters. The molecular formula is C17H18ClNO2. The van der Waals surface area contributed by atoms with Crippen LogP contribution in [0.4, 0.5) is 5.69 Å². The van der Waals surface area contributed by atoms with Gasteiger partial charge in [-0.25, -0.2) is 0 Å². The largest absolute Gasteiger partial charge is 0.496 e. The Morgan fingerprint density at radius 1 is 1.19 bits per heavy atom. The summed E-state index contributed by atoms with van der Waals surface area (Å²) in [6.07, 6.45) is 0. The Hall–Kier alpha value is -2.00. The van der Waals surface area contributed by atoms with Crippen molar-refractivity contribution in [1.29, 1.82) is 0 Å². The predicted molar refractivity (Wildman–Crippen MR) is 86.1 cm³/mol. The van der Waals surface area contributed by atoms with Gasteiger partial charge in [0.25, 0.3) is 0 Å². The number of anilines is 1. The van der Waals surface area contributed by atoms with Crippen molar-refractivity contribution >= 4 is 23.2 Å². The number of hydrogen-bond acceptors (Lipinski definition) is 2. The molecule has 21 heavy (non-hydrogen) atoms. The van der Waals surface area contributed by atoms with E-state index in [1.165, 1.54) is 0 Å². The van der Waals surface area contributed by atoms with Crippen molar-refractivity contribution in [2.45, 2.75) is 13.5 Å². The molecule has 0 bridgehead atoms. The number of hydrogen-bond donors (Lipinski definition) is 0. The van der Waals surface area contributed by atoms with Crippen molar-refractivity contribution in [3.8, 4) is 5.75 Å². The lowest BCUT2D eigenvalue weighted by Gasteiger charge is -2.23. The summed E-state index contributed by atoms with van der Waals surface area (Å²) < 4.78 is 5.35. The average Bonchev–Trinajstić information content (AvgIpc) is 2.52. The van der Waals surface area contributed by atoms with Crippen LogP contribution in [0.25, 0.3) is 0 Å². The fourth-order valence-corrected chi connectivity index (χ4v) is 2.34. The molecule has 3 nitrogen and oxygen atoms in total. The molecule has 1 amide bonds. The molecule has 0 N–H and O–H groups in total. The predicted octanol–water partition coefficient (Wildman–Crippen LogP) is 3.78. The first-order valence-electron chi connectivity index (χ1n) is 6.70. The maximum absolute atomic E-state index is 12.2. The van der Waals surface area contributed by atoms with Crippen molar-refractivity contribution in [2.75, 3.05) is 17.9 Å². The van der Waals surface area contributed by atoms with Crippen LogP contribution >= 0.6 is 11.6 Å². The number of ether oxygens (including phenoxy) is 1. The number of carbonyl (C=O) groups excluding carboxylic acids is 1. The zero-order valence-electron chi connectivity index (χ0n) is 12.2. The number of alkyl halides is 1. The molecule has 2 aromatic rings. The zero-order chi connectivity index (χ0) is 15.2. The van der Waals surface area contributed by atoms with Crippen LogP contribution in [-0.2, 0) is 11.3 Å². The molecule has 0 saturated carbocycles. The lowest BCUT2D eigenvalue weighted by atomic mass is 10.1. The van der Waals surface area contributed by atoms with E-state index < -0.39 is 0 Å². The Kier molecular flexibility index (Phi) is 5.23. The fourth-order valence-electron chi connectivity index (χ4n) is 2.20. The van der Waals surface area contributed by atoms with Gasteiger partial charge in [-0.1, -0.05) is 30.3 Å². The highest BCUT2D eigenvalue weighted by molar-refractivity contribution is 6.29. The maximum Gasteiger partial charge on any atom is 0.242 e. The van der Waals surface area contributed by atoms with Gasteiger partial charge in [-0.2, -0.15) is 0 Å². The summed E-state index contributed by atoms with van der Waals surface area (Å²) in [5.74, 6) is 0.578. The highest BCUT2D eigenvalue weighted by Gasteiger charge is 2.17. The maximum atomic E-state index is 12.2. The smallest absolute Gasteiger partial charge is 0.242 e. The van der Waals surface area contributed by atoms with E-state index in [0.29, 0.717) is 6.54 Å². The quantitative estimate of drug-likeness (QED) is 0.787. The molecular weight excluding hydrogens is 286 g/mol. The van der Waals surface area contributed by atoms with Gasteiger partial charge in [-0.15, -0.1) is 11.6 Å². The highest BCUT2D eigenvalue weighted by Crippen LogP contribution is 2.24. The van der Waals surface area contributed by atoms with E-state index in [1.807, 2.05) is 55.5 Å². The number of methoxy groups -OCH3 is 1. The molecule has 0 saturated heterocycles. The van der Waals surface area contributed by atoms with Gasteiger partial charge in [0.1, 0.15) is 11.6 Å². The van der Waals surface area contributed by atoms with Gasteiger partial charge in [-0.3, -0.25) is 4.79 Å². The summed E-state index contributed by atoms with van der Waals surface area (Å²) in [7, 11) is 1.62. The minimum absolute atomic E-state index is 0.0525. The minimum Gasteiger partial charge on any atom is -0.496 e. The summed E-state index contributed by atoms with van der Waals surface area (Å²) in [6.45, 7) is 2.43. The Balaban J connectivity index is 2.35. The second-order valence-electron chi connectivity index (χ2n) is 4.76. The lowest BCUT2D eigenvalue weighted by molar-refractivity contribution is -0.116. The molecule has 0 aromatic heterocycles. The second kappa shape index (κ2) is 7.14. The summed E-state index contributed by atoms with van der Waals surface area (Å²) in [4.78, 5) is 13.9. The first-order valence-corrected chi connectivity index (χ1v) is 7.24. The molecule has 0 aliphatic carbocycles. The average molecular weight is 304 g/mol. The molecule has 0 aliphatic rings. The molecule has 2 rings (SSSR count). The number of para-hydroxylation sites is 1. The number of nitrogens with zero attached hydrogens (tertiary/aromatic N) is 1. The second-order valence-corrected chi connectivity index (χ2v) is 5.03. The van der Waals surface area contributed by atoms with E-state index in [0.717, 1.165) is 22.6 Å². The third-order valence-corrected chi connectivity index (χ3v) is 3.48. The van der Waals surface area contributed by atoms with Crippen LogP contribution in [0.3, 0.4) is 0 Å². The molecule has 0 unspecified atom stereocenters. The van der Waals surface area contributed by atoms with Crippen molar-refractivity contribution < 1.29 is 9.53 Å². The van der Waals surface area contributed by atoms with E-state index in [9.17, 15) is 4.79 Å². The van der Waals surface area contributed by atoms with Gasteiger partial charge in [0.15, 0.2) is 0 Å². The Morgan fingerprint density at radius 3 is 2.62 bits per heavy atom. The number of carbonyl (C=O) groups is 1. The zero-order valence-corrected chi connectivity index (χ0v) is 12.9. The van der Waals surface area contributed by atoms with Gasteiger partial charge in [-0.05, 0) is 30.7 Å². The summed E-state index contributed by atoms with van der Waals surface area (Å²) in [5, 5.41) is 0. The molecule has 4 heteroatoms. The number of benzene rings is 2. The van der Waals surface area contributed by atoms with Crippen LogP contribution in [0.15, 0.2) is 48.5 Å². The van der Waals surface area contributed by atoms with Gasteiger partial charge < -0.3 is 9.64 Å². The normalized spacial score (nSPS) is 10.2. The summed E-state index contributed by atoms with van der Waals surface area (Å²) in [6, 6.07) is 15.5. The number of halogens is 1. The number of aryl methyl sites for hydroxylation is 1. The van der Waals surface area contributed by atoms with Crippen LogP contribution in [0.5, 0.6) is 5.75 Å². The minimum atomic E-state index is -0.131. The van der Waals surface area contributed by atoms with Crippen LogP contribution < -0.4 is 9.64 Å². The molecule has 0 spiro atoms. The van der Waals surface area contributed by atoms with Crippen LogP contribution in [0.2, 0.25) is 0 Å². The highest BCUT2D eigenvalue weighted by atomic mass is 35.5. The summed E-state index contributed by atoms with van der Waals surface area (Å²) >= 11 is 5.75. The van der Waals surface area contributed by atoms with E-state index in [4.69, 9.17) is 16.3 Å². The SMILES string of the molecule is COc1ccccc1CN(C(=O)CCl)c1cccc(C)c1. The fraction of sp³-hybridized carbons (Fsp3) is 0.235. The lowest BCUT2D eigenvalue weighted by Crippen LogP contribution is -2.31. The third kappa shape index (κ3) is 3.76. The van der Waals surface area contributed by atoms with Crippen LogP contribution in [0, 0.1) is 6.92 Å². The van der Waals surface area contributed by atoms with E-state index in [-0.39, 0.29) is 11.8 Å².